The van der Waals surface area contributed by atoms with E-state index in [0.717, 1.165) is 69.2 Å². The van der Waals surface area contributed by atoms with Gasteiger partial charge in [0.05, 0.1) is 19.8 Å². The summed E-state index contributed by atoms with van der Waals surface area (Å²) < 4.78 is 14.9. The molecule has 0 atom stereocenters. The molecule has 0 saturated carbocycles. The molecule has 0 aliphatic heterocycles. The molecule has 8 heteroatoms. The maximum Gasteiger partial charge on any atom is 0.331 e. The standard InChI is InChI=1S/C20H36O4.C12H20O4/c1-3-5-7-9-11-13-17-23-19(21)15-16-20(22)24-18-14-12-10-8-6-4-2;1-2-3-4-5-6-7-10-16-12(15)9-8-11(13)14/h15-16H,3-14,17-18H2,1-2H3;8-9H,2-7,10H2,1H3,(H,13,14). The van der Waals surface area contributed by atoms with Crippen LogP contribution in [-0.2, 0) is 33.4 Å². The molecule has 0 heterocycles. The number of hydrogen-bond donors (Lipinski definition) is 1. The van der Waals surface area contributed by atoms with Gasteiger partial charge in [0.25, 0.3) is 0 Å². The lowest BCUT2D eigenvalue weighted by molar-refractivity contribution is -0.140. The molecule has 40 heavy (non-hydrogen) atoms. The Labute approximate surface area is 242 Å². The topological polar surface area (TPSA) is 116 Å². The minimum Gasteiger partial charge on any atom is -0.478 e. The predicted octanol–water partition coefficient (Wildman–Crippen LogP) is 7.88. The number of carbonyl (C=O) groups excluding carboxylic acids is 3. The minimum atomic E-state index is -1.14. The van der Waals surface area contributed by atoms with Crippen molar-refractivity contribution in [1.29, 1.82) is 0 Å². The molecule has 1 N–H and O–H groups in total. The lowest BCUT2D eigenvalue weighted by atomic mass is 10.1. The third-order valence-electron chi connectivity index (χ3n) is 5.94. The first-order valence-corrected chi connectivity index (χ1v) is 15.5. The molecule has 0 aliphatic carbocycles. The van der Waals surface area contributed by atoms with Crippen molar-refractivity contribution in [3.63, 3.8) is 0 Å². The molecular formula is C32H56O8. The number of ether oxygens (including phenoxy) is 3. The Hall–Kier alpha value is -2.64. The Kier molecular flexibility index (Phi) is 32.2. The normalized spacial score (nSPS) is 10.8. The number of esters is 3. The molecule has 0 fully saturated rings. The van der Waals surface area contributed by atoms with Crippen LogP contribution in [0.25, 0.3) is 0 Å². The molecular weight excluding hydrogens is 512 g/mol. The molecule has 0 aromatic heterocycles. The second-order valence-electron chi connectivity index (χ2n) is 9.81. The van der Waals surface area contributed by atoms with E-state index in [4.69, 9.17) is 19.3 Å². The van der Waals surface area contributed by atoms with Gasteiger partial charge in [0.1, 0.15) is 0 Å². The zero-order valence-electron chi connectivity index (χ0n) is 25.5. The van der Waals surface area contributed by atoms with E-state index in [-0.39, 0.29) is 0 Å². The zero-order valence-corrected chi connectivity index (χ0v) is 25.5. The highest BCUT2D eigenvalue weighted by molar-refractivity contribution is 5.91. The summed E-state index contributed by atoms with van der Waals surface area (Å²) in [6.45, 7) is 7.75. The molecule has 0 amide bonds. The number of unbranched alkanes of at least 4 members (excludes halogenated alkanes) is 15. The number of hydrogen-bond acceptors (Lipinski definition) is 7. The molecule has 232 valence electrons. The third-order valence-corrected chi connectivity index (χ3v) is 5.94. The van der Waals surface area contributed by atoms with Crippen molar-refractivity contribution in [2.45, 2.75) is 136 Å². The fourth-order valence-electron chi connectivity index (χ4n) is 3.59. The van der Waals surface area contributed by atoms with Gasteiger partial charge >= 0.3 is 23.9 Å². The Morgan fingerprint density at radius 2 is 0.675 bits per heavy atom. The van der Waals surface area contributed by atoms with Gasteiger partial charge in [-0.1, -0.05) is 117 Å². The molecule has 8 nitrogen and oxygen atoms in total. The highest BCUT2D eigenvalue weighted by Gasteiger charge is 2.02. The summed E-state index contributed by atoms with van der Waals surface area (Å²) in [4.78, 5) is 43.9. The molecule has 0 rings (SSSR count). The van der Waals surface area contributed by atoms with E-state index < -0.39 is 23.9 Å². The smallest absolute Gasteiger partial charge is 0.331 e. The van der Waals surface area contributed by atoms with Gasteiger partial charge in [-0.25, -0.2) is 19.2 Å². The molecule has 0 aromatic carbocycles. The van der Waals surface area contributed by atoms with Crippen molar-refractivity contribution in [2.24, 2.45) is 0 Å². The van der Waals surface area contributed by atoms with E-state index in [9.17, 15) is 19.2 Å². The summed E-state index contributed by atoms with van der Waals surface area (Å²) in [6, 6.07) is 0. The highest BCUT2D eigenvalue weighted by Crippen LogP contribution is 2.07. The second-order valence-corrected chi connectivity index (χ2v) is 9.81. The van der Waals surface area contributed by atoms with E-state index in [1.807, 2.05) is 0 Å². The van der Waals surface area contributed by atoms with Crippen LogP contribution in [0.15, 0.2) is 24.3 Å². The van der Waals surface area contributed by atoms with Crippen LogP contribution in [0.1, 0.15) is 136 Å². The van der Waals surface area contributed by atoms with Crippen LogP contribution in [-0.4, -0.2) is 48.8 Å². The Morgan fingerprint density at radius 1 is 0.425 bits per heavy atom. The van der Waals surface area contributed by atoms with Crippen LogP contribution in [0, 0.1) is 0 Å². The lowest BCUT2D eigenvalue weighted by Crippen LogP contribution is -2.06. The van der Waals surface area contributed by atoms with Crippen molar-refractivity contribution in [3.05, 3.63) is 24.3 Å². The fourth-order valence-corrected chi connectivity index (χ4v) is 3.59. The van der Waals surface area contributed by atoms with Crippen LogP contribution in [0.5, 0.6) is 0 Å². The van der Waals surface area contributed by atoms with Gasteiger partial charge in [-0.2, -0.15) is 0 Å². The molecule has 0 saturated heterocycles. The van der Waals surface area contributed by atoms with E-state index in [2.05, 4.69) is 20.8 Å². The zero-order chi connectivity index (χ0) is 30.1. The van der Waals surface area contributed by atoms with Crippen LogP contribution in [0.2, 0.25) is 0 Å². The molecule has 0 bridgehead atoms. The molecule has 0 aliphatic rings. The van der Waals surface area contributed by atoms with Crippen molar-refractivity contribution in [3.8, 4) is 0 Å². The largest absolute Gasteiger partial charge is 0.478 e. The van der Waals surface area contributed by atoms with Crippen LogP contribution in [0.4, 0.5) is 0 Å². The van der Waals surface area contributed by atoms with Crippen molar-refractivity contribution < 1.29 is 38.5 Å². The van der Waals surface area contributed by atoms with Crippen molar-refractivity contribution in [2.75, 3.05) is 19.8 Å². The first-order chi connectivity index (χ1) is 19.4. The fraction of sp³-hybridized carbons (Fsp3) is 0.750. The Morgan fingerprint density at radius 3 is 0.950 bits per heavy atom. The van der Waals surface area contributed by atoms with Crippen LogP contribution in [0.3, 0.4) is 0 Å². The van der Waals surface area contributed by atoms with Gasteiger partial charge in [0.2, 0.25) is 0 Å². The first-order valence-electron chi connectivity index (χ1n) is 15.5. The maximum absolute atomic E-state index is 11.4. The predicted molar refractivity (Wildman–Crippen MR) is 159 cm³/mol. The average molecular weight is 569 g/mol. The quantitative estimate of drug-likeness (QED) is 0.0511. The van der Waals surface area contributed by atoms with Crippen molar-refractivity contribution >= 4 is 23.9 Å². The van der Waals surface area contributed by atoms with E-state index in [1.165, 1.54) is 70.6 Å². The molecule has 0 spiro atoms. The van der Waals surface area contributed by atoms with Crippen LogP contribution >= 0.6 is 0 Å². The summed E-state index contributed by atoms with van der Waals surface area (Å²) in [5.41, 5.74) is 0. The SMILES string of the molecule is CCCCCCCCOC(=O)C=CC(=O)O.CCCCCCCCOC(=O)C=CC(=O)OCCCCCCCC. The van der Waals surface area contributed by atoms with Gasteiger partial charge in [0.15, 0.2) is 0 Å². The van der Waals surface area contributed by atoms with Gasteiger partial charge in [-0.15, -0.1) is 0 Å². The number of carbonyl (C=O) groups is 4. The average Bonchev–Trinajstić information content (AvgIpc) is 2.94. The monoisotopic (exact) mass is 568 g/mol. The van der Waals surface area contributed by atoms with Gasteiger partial charge < -0.3 is 19.3 Å². The van der Waals surface area contributed by atoms with E-state index >= 15 is 0 Å². The lowest BCUT2D eigenvalue weighted by Gasteiger charge is -2.03. The summed E-state index contributed by atoms with van der Waals surface area (Å²) in [5, 5.41) is 8.26. The number of carboxylic acid groups (broad SMARTS) is 1. The number of carboxylic acids is 1. The molecule has 0 aromatic rings. The Bertz CT molecular complexity index is 652. The van der Waals surface area contributed by atoms with E-state index in [1.54, 1.807) is 0 Å². The van der Waals surface area contributed by atoms with Gasteiger partial charge in [-0.05, 0) is 19.3 Å². The molecule has 0 radical (unpaired) electrons. The number of aliphatic carboxylic acids is 1. The van der Waals surface area contributed by atoms with Gasteiger partial charge in [-0.3, -0.25) is 0 Å². The summed E-state index contributed by atoms with van der Waals surface area (Å²) >= 11 is 0. The number of rotatable bonds is 25. The third kappa shape index (κ3) is 35.4. The minimum absolute atomic E-state index is 0.370. The van der Waals surface area contributed by atoms with Gasteiger partial charge in [0, 0.05) is 24.3 Å². The molecule has 0 unspecified atom stereocenters. The Balaban J connectivity index is 0. The van der Waals surface area contributed by atoms with Crippen molar-refractivity contribution in [1.82, 2.24) is 0 Å². The van der Waals surface area contributed by atoms with E-state index in [0.29, 0.717) is 19.8 Å². The van der Waals surface area contributed by atoms with Crippen LogP contribution < -0.4 is 0 Å². The second kappa shape index (κ2) is 32.6. The highest BCUT2D eigenvalue weighted by atomic mass is 16.5. The first kappa shape index (κ1) is 39.5. The summed E-state index contributed by atoms with van der Waals surface area (Å²) in [6.07, 6.45) is 24.6. The summed E-state index contributed by atoms with van der Waals surface area (Å²) in [5.74, 6) is -2.67. The summed E-state index contributed by atoms with van der Waals surface area (Å²) in [7, 11) is 0. The maximum atomic E-state index is 11.4.